The fourth-order valence-electron chi connectivity index (χ4n) is 1.73. The molecule has 2 aromatic rings. The molecule has 3 N–H and O–H groups in total. The number of aromatic nitrogens is 2. The normalized spacial score (nSPS) is 10.8. The number of anilines is 1. The van der Waals surface area contributed by atoms with E-state index in [0.29, 0.717) is 5.69 Å². The van der Waals surface area contributed by atoms with Crippen molar-refractivity contribution in [1.29, 1.82) is 5.26 Å². The van der Waals surface area contributed by atoms with Gasteiger partial charge in [-0.1, -0.05) is 30.3 Å². The fourth-order valence-corrected chi connectivity index (χ4v) is 1.73. The van der Waals surface area contributed by atoms with Crippen LogP contribution < -0.4 is 11.2 Å². The van der Waals surface area contributed by atoms with Gasteiger partial charge < -0.3 is 10.5 Å². The highest BCUT2D eigenvalue weighted by Crippen LogP contribution is 2.18. The monoisotopic (exact) mass is 297 g/mol. The first-order valence-corrected chi connectivity index (χ1v) is 6.60. The molecule has 0 aliphatic carbocycles. The summed E-state index contributed by atoms with van der Waals surface area (Å²) >= 11 is 0. The zero-order valence-corrected chi connectivity index (χ0v) is 12.0. The van der Waals surface area contributed by atoms with Crippen LogP contribution in [0.25, 0.3) is 11.3 Å². The second kappa shape index (κ2) is 6.95. The topological polar surface area (TPSA) is 106 Å². The maximum atomic E-state index is 11.5. The summed E-state index contributed by atoms with van der Waals surface area (Å²) < 4.78 is 6.18. The molecular formula is C15H15N5O2. The molecule has 0 radical (unpaired) electrons. The van der Waals surface area contributed by atoms with Gasteiger partial charge in [0.25, 0.3) is 0 Å². The van der Waals surface area contributed by atoms with Gasteiger partial charge in [0.1, 0.15) is 6.07 Å². The van der Waals surface area contributed by atoms with Crippen LogP contribution in [0.4, 0.5) is 5.95 Å². The highest BCUT2D eigenvalue weighted by Gasteiger charge is 2.10. The molecule has 0 saturated heterocycles. The van der Waals surface area contributed by atoms with E-state index in [1.54, 1.807) is 19.2 Å². The van der Waals surface area contributed by atoms with Crippen molar-refractivity contribution >= 4 is 11.9 Å². The first kappa shape index (κ1) is 15.1. The second-order valence-corrected chi connectivity index (χ2v) is 4.24. The maximum Gasteiger partial charge on any atom is 0.350 e. The van der Waals surface area contributed by atoms with Gasteiger partial charge in [-0.05, 0) is 6.92 Å². The number of nitrogens with one attached hydrogen (secondary N) is 1. The second-order valence-electron chi connectivity index (χ2n) is 4.24. The molecule has 0 aliphatic rings. The molecular weight excluding hydrogens is 282 g/mol. The number of nitrogen functional groups attached to an aromatic ring is 1. The Bertz CT molecular complexity index is 728. The van der Waals surface area contributed by atoms with Crippen molar-refractivity contribution in [3.05, 3.63) is 48.3 Å². The van der Waals surface area contributed by atoms with Crippen LogP contribution in [0.5, 0.6) is 0 Å². The lowest BCUT2D eigenvalue weighted by Gasteiger charge is -2.04. The van der Waals surface area contributed by atoms with Gasteiger partial charge in [-0.3, -0.25) is 5.43 Å². The van der Waals surface area contributed by atoms with Crippen LogP contribution in [0.15, 0.2) is 48.3 Å². The minimum Gasteiger partial charge on any atom is -0.462 e. The predicted molar refractivity (Wildman–Crippen MR) is 81.8 cm³/mol. The molecule has 112 valence electrons. The Morgan fingerprint density at radius 3 is 2.86 bits per heavy atom. The largest absolute Gasteiger partial charge is 0.462 e. The van der Waals surface area contributed by atoms with Gasteiger partial charge in [-0.25, -0.2) is 14.5 Å². The summed E-state index contributed by atoms with van der Waals surface area (Å²) in [7, 11) is 0. The van der Waals surface area contributed by atoms with E-state index >= 15 is 0 Å². The van der Waals surface area contributed by atoms with Crippen molar-refractivity contribution in [3.63, 3.8) is 0 Å². The molecule has 7 heteroatoms. The molecule has 7 nitrogen and oxygen atoms in total. The number of hydrogen-bond donors (Lipinski definition) is 2. The van der Waals surface area contributed by atoms with Crippen LogP contribution in [0.2, 0.25) is 0 Å². The summed E-state index contributed by atoms with van der Waals surface area (Å²) in [6.07, 6.45) is 2.89. The minimum absolute atomic E-state index is 0.156. The van der Waals surface area contributed by atoms with E-state index in [1.807, 2.05) is 30.3 Å². The minimum atomic E-state index is -0.695. The molecule has 0 amide bonds. The lowest BCUT2D eigenvalue weighted by Crippen LogP contribution is -2.14. The highest BCUT2D eigenvalue weighted by atomic mass is 16.5. The average molecular weight is 297 g/mol. The summed E-state index contributed by atoms with van der Waals surface area (Å²) in [6.45, 7) is 1.86. The quantitative estimate of drug-likeness (QED) is 0.494. The summed E-state index contributed by atoms with van der Waals surface area (Å²) in [4.78, 5) is 15.7. The molecule has 0 saturated carbocycles. The number of nitriles is 1. The summed E-state index contributed by atoms with van der Waals surface area (Å²) in [5.74, 6) is -0.490. The van der Waals surface area contributed by atoms with Crippen LogP contribution in [-0.4, -0.2) is 22.2 Å². The predicted octanol–water partition coefficient (Wildman–Crippen LogP) is 1.65. The Kier molecular flexibility index (Phi) is 4.78. The third-order valence-corrected chi connectivity index (χ3v) is 2.77. The molecule has 0 aliphatic heterocycles. The smallest absolute Gasteiger partial charge is 0.350 e. The standard InChI is InChI=1S/C15H15N5O2/c1-2-22-14(21)12(8-16)9-18-20-10-13(19-15(20)17)11-6-4-3-5-7-11/h3-7,9-10,18H,2H2,1H3,(H2,17,19)/b12-9-. The summed E-state index contributed by atoms with van der Waals surface area (Å²) in [5, 5.41) is 8.94. The number of imidazole rings is 1. The van der Waals surface area contributed by atoms with Gasteiger partial charge in [0.15, 0.2) is 5.57 Å². The average Bonchev–Trinajstić information content (AvgIpc) is 2.90. The Hall–Kier alpha value is -3.27. The number of nitrogens with zero attached hydrogens (tertiary/aromatic N) is 3. The molecule has 0 bridgehead atoms. The number of carbonyl (C=O) groups excluding carboxylic acids is 1. The van der Waals surface area contributed by atoms with E-state index in [2.05, 4.69) is 10.4 Å². The van der Waals surface area contributed by atoms with Crippen LogP contribution >= 0.6 is 0 Å². The van der Waals surface area contributed by atoms with Crippen molar-refractivity contribution in [1.82, 2.24) is 9.66 Å². The molecule has 0 unspecified atom stereocenters. The molecule has 1 aromatic carbocycles. The number of ether oxygens (including phenoxy) is 1. The van der Waals surface area contributed by atoms with E-state index in [0.717, 1.165) is 5.56 Å². The Balaban J connectivity index is 2.19. The number of rotatable bonds is 5. The number of benzene rings is 1. The lowest BCUT2D eigenvalue weighted by molar-refractivity contribution is -0.138. The Morgan fingerprint density at radius 1 is 1.50 bits per heavy atom. The first-order valence-electron chi connectivity index (χ1n) is 6.60. The number of hydrogen-bond acceptors (Lipinski definition) is 6. The van der Waals surface area contributed by atoms with E-state index in [1.165, 1.54) is 10.9 Å². The third-order valence-electron chi connectivity index (χ3n) is 2.77. The van der Waals surface area contributed by atoms with Crippen LogP contribution in [-0.2, 0) is 9.53 Å². The summed E-state index contributed by atoms with van der Waals surface area (Å²) in [6, 6.07) is 11.3. The number of carbonyl (C=O) groups is 1. The van der Waals surface area contributed by atoms with Crippen LogP contribution in [0, 0.1) is 11.3 Å². The molecule has 0 atom stereocenters. The first-order chi connectivity index (χ1) is 10.7. The highest BCUT2D eigenvalue weighted by molar-refractivity contribution is 5.92. The van der Waals surface area contributed by atoms with Gasteiger partial charge in [0.2, 0.25) is 5.95 Å². The Morgan fingerprint density at radius 2 is 2.23 bits per heavy atom. The zero-order valence-electron chi connectivity index (χ0n) is 12.0. The number of esters is 1. The molecule has 1 heterocycles. The molecule has 22 heavy (non-hydrogen) atoms. The maximum absolute atomic E-state index is 11.5. The third kappa shape index (κ3) is 3.43. The van der Waals surface area contributed by atoms with Crippen LogP contribution in [0.3, 0.4) is 0 Å². The van der Waals surface area contributed by atoms with Gasteiger partial charge in [-0.15, -0.1) is 0 Å². The SMILES string of the molecule is CCOC(=O)/C(C#N)=C\Nn1cc(-c2ccccc2)nc1N. The fraction of sp³-hybridized carbons (Fsp3) is 0.133. The van der Waals surface area contributed by atoms with Crippen LogP contribution in [0.1, 0.15) is 6.92 Å². The van der Waals surface area contributed by atoms with Gasteiger partial charge in [-0.2, -0.15) is 5.26 Å². The molecule has 0 fully saturated rings. The van der Waals surface area contributed by atoms with E-state index in [4.69, 9.17) is 15.7 Å². The van der Waals surface area contributed by atoms with E-state index < -0.39 is 5.97 Å². The molecule has 2 rings (SSSR count). The number of nitrogens with two attached hydrogens (primary N) is 1. The Labute approximate surface area is 127 Å². The van der Waals surface area contributed by atoms with E-state index in [9.17, 15) is 4.79 Å². The van der Waals surface area contributed by atoms with Gasteiger partial charge >= 0.3 is 5.97 Å². The summed E-state index contributed by atoms with van der Waals surface area (Å²) in [5.41, 5.74) is 9.96. The van der Waals surface area contributed by atoms with Crippen molar-refractivity contribution in [2.45, 2.75) is 6.92 Å². The zero-order chi connectivity index (χ0) is 15.9. The van der Waals surface area contributed by atoms with Gasteiger partial charge in [0, 0.05) is 11.8 Å². The van der Waals surface area contributed by atoms with Crippen molar-refractivity contribution < 1.29 is 9.53 Å². The van der Waals surface area contributed by atoms with Crippen molar-refractivity contribution in [2.75, 3.05) is 17.8 Å². The van der Waals surface area contributed by atoms with E-state index in [-0.39, 0.29) is 18.1 Å². The van der Waals surface area contributed by atoms with Crippen molar-refractivity contribution in [3.8, 4) is 17.3 Å². The van der Waals surface area contributed by atoms with Gasteiger partial charge in [0.05, 0.1) is 18.5 Å². The lowest BCUT2D eigenvalue weighted by atomic mass is 10.2. The van der Waals surface area contributed by atoms with Crippen molar-refractivity contribution in [2.24, 2.45) is 0 Å². The molecule has 0 spiro atoms. The molecule has 1 aromatic heterocycles.